The van der Waals surface area contributed by atoms with E-state index < -0.39 is 5.97 Å². The van der Waals surface area contributed by atoms with Gasteiger partial charge in [-0.05, 0) is 105 Å². The molecule has 13 nitrogen and oxygen atoms in total. The molecule has 4 aliphatic heterocycles. The number of hydrogen-bond donors (Lipinski definition) is 6. The number of carboxylic acids is 1. The average Bonchev–Trinajstić information content (AvgIpc) is 3.13. The molecule has 0 aliphatic carbocycles. The van der Waals surface area contributed by atoms with E-state index in [0.29, 0.717) is 0 Å². The Balaban J connectivity index is -0.0000000504. The maximum Gasteiger partial charge on any atom is 0.307 e. The van der Waals surface area contributed by atoms with Crippen molar-refractivity contribution in [1.82, 2.24) is 35.9 Å². The van der Waals surface area contributed by atoms with Gasteiger partial charge in [0.25, 0.3) is 0 Å². The maximum atomic E-state index is 11.3. The van der Waals surface area contributed by atoms with Crippen molar-refractivity contribution in [2.45, 2.75) is 109 Å². The number of nitrogens with zero attached hydrogens (tertiary/aromatic N) is 3. The van der Waals surface area contributed by atoms with E-state index in [4.69, 9.17) is 5.11 Å². The molecule has 7 N–H and O–H groups in total. The molecule has 8 unspecified atom stereocenters. The predicted octanol–water partition coefficient (Wildman–Crippen LogP) is 4.11. The van der Waals surface area contributed by atoms with Gasteiger partial charge >= 0.3 is 5.97 Å². The lowest BCUT2D eigenvalue weighted by atomic mass is 9.87. The van der Waals surface area contributed by atoms with Crippen LogP contribution in [0.4, 0.5) is 0 Å². The van der Waals surface area contributed by atoms with E-state index in [1.165, 1.54) is 7.05 Å². The highest BCUT2D eigenvalue weighted by Gasteiger charge is 2.25. The molecular formula is C38H102B2N8O5P4. The zero-order valence-electron chi connectivity index (χ0n) is 34.6. The van der Waals surface area contributed by atoms with Gasteiger partial charge in [0, 0.05) is 46.7 Å². The van der Waals surface area contributed by atoms with Crippen molar-refractivity contribution in [2.75, 3.05) is 94.6 Å². The quantitative estimate of drug-likeness (QED) is 0.175. The van der Waals surface area contributed by atoms with E-state index in [0.717, 1.165) is 104 Å². The summed E-state index contributed by atoms with van der Waals surface area (Å²) in [5, 5.41) is 19.9. The van der Waals surface area contributed by atoms with Crippen LogP contribution in [-0.2, 0) is 19.2 Å². The molecule has 57 heavy (non-hydrogen) atoms. The van der Waals surface area contributed by atoms with Crippen LogP contribution in [0.15, 0.2) is 0 Å². The van der Waals surface area contributed by atoms with Gasteiger partial charge in [0.2, 0.25) is 25.1 Å². The van der Waals surface area contributed by atoms with Crippen LogP contribution in [0.1, 0.15) is 88.5 Å². The number of piperidine rings is 4. The van der Waals surface area contributed by atoms with Crippen LogP contribution < -0.4 is 27.0 Å². The van der Waals surface area contributed by atoms with Crippen molar-refractivity contribution in [3.8, 4) is 0 Å². The molecule has 0 aromatic rings. The number of hydrogen-bond acceptors (Lipinski definition) is 9. The summed E-state index contributed by atoms with van der Waals surface area (Å²) in [5.41, 5.74) is 4.50. The fourth-order valence-corrected chi connectivity index (χ4v) is 5.89. The van der Waals surface area contributed by atoms with Crippen LogP contribution in [0.2, 0.25) is 20.5 Å². The van der Waals surface area contributed by atoms with Gasteiger partial charge in [-0.1, -0.05) is 57.6 Å². The third kappa shape index (κ3) is 42.0. The van der Waals surface area contributed by atoms with E-state index in [-0.39, 0.29) is 118 Å². The van der Waals surface area contributed by atoms with Gasteiger partial charge in [-0.25, -0.2) is 0 Å². The molecule has 350 valence electrons. The van der Waals surface area contributed by atoms with Crippen LogP contribution in [0.5, 0.6) is 0 Å². The lowest BCUT2D eigenvalue weighted by Crippen LogP contribution is -2.42. The fourth-order valence-electron chi connectivity index (χ4n) is 5.89. The lowest BCUT2D eigenvalue weighted by molar-refractivity contribution is -0.143. The second-order valence-electron chi connectivity index (χ2n) is 12.6. The summed E-state index contributed by atoms with van der Waals surface area (Å²) in [6.07, 6.45) is 8.38. The first-order valence-corrected chi connectivity index (χ1v) is 17.8. The normalized spacial score (nSPS) is 20.2. The smallest absolute Gasteiger partial charge is 0.307 e. The molecule has 19 heteroatoms. The number of rotatable bonds is 5. The van der Waals surface area contributed by atoms with Crippen molar-refractivity contribution < 1.29 is 24.3 Å². The molecule has 0 aromatic carbocycles. The molecule has 0 aromatic heterocycles. The molecule has 2 radical (unpaired) electrons. The van der Waals surface area contributed by atoms with Gasteiger partial charge in [-0.3, -0.25) is 19.2 Å². The second-order valence-corrected chi connectivity index (χ2v) is 12.6. The van der Waals surface area contributed by atoms with E-state index >= 15 is 0 Å². The number of aliphatic carboxylic acids is 1. The minimum absolute atomic E-state index is 0. The summed E-state index contributed by atoms with van der Waals surface area (Å²) in [6.45, 7) is 13.7. The van der Waals surface area contributed by atoms with Gasteiger partial charge in [0.15, 0.2) is 0 Å². The van der Waals surface area contributed by atoms with Crippen molar-refractivity contribution in [3.05, 3.63) is 0 Å². The molecule has 0 saturated carbocycles. The van der Waals surface area contributed by atoms with Crippen LogP contribution in [0, 0.1) is 23.7 Å². The predicted molar refractivity (Wildman–Crippen MR) is 277 cm³/mol. The van der Waals surface area contributed by atoms with Crippen molar-refractivity contribution in [2.24, 2.45) is 29.4 Å². The molecule has 4 fully saturated rings. The second kappa shape index (κ2) is 55.5. The number of amides is 3. The summed E-state index contributed by atoms with van der Waals surface area (Å²) in [5.74, 6) is 0.396. The topological polar surface area (TPSA) is 172 Å². The number of nitrogens with two attached hydrogens (primary N) is 1. The third-order valence-corrected chi connectivity index (χ3v) is 8.56. The number of carboxylic acid groups (broad SMARTS) is 1. The summed E-state index contributed by atoms with van der Waals surface area (Å²) < 4.78 is 0. The summed E-state index contributed by atoms with van der Waals surface area (Å²) in [4.78, 5) is 50.4. The van der Waals surface area contributed by atoms with Crippen molar-refractivity contribution in [1.29, 1.82) is 0 Å². The first-order chi connectivity index (χ1) is 23.0. The Hall–Kier alpha value is -0.470. The molecule has 4 heterocycles. The van der Waals surface area contributed by atoms with Crippen molar-refractivity contribution >= 4 is 78.0 Å². The van der Waals surface area contributed by atoms with Crippen LogP contribution >= 0.6 is 39.6 Å². The first-order valence-electron chi connectivity index (χ1n) is 17.8. The number of carbonyl (C=O) groups is 4. The average molecular weight is 897 g/mol. The Morgan fingerprint density at radius 3 is 1.25 bits per heavy atom. The molecule has 4 rings (SSSR count). The third-order valence-electron chi connectivity index (χ3n) is 8.56. The SMILES string of the molecule is C.C.C.C.C.CN.CN1CCCC(C(=O)O)C1.CNC(=O)C1CCCN(C)C1.CNC(=O)C1CCCNC1.C[B]C.C[B]N1CCCC(C(=O)NC)C1.P.P.P.P. The zero-order valence-corrected chi connectivity index (χ0v) is 40.3. The number of nitrogens with one attached hydrogen (secondary N) is 4. The highest BCUT2D eigenvalue weighted by Crippen LogP contribution is 2.16. The highest BCUT2D eigenvalue weighted by molar-refractivity contribution is 6.92. The molecule has 8 atom stereocenters. The Morgan fingerprint density at radius 2 is 0.930 bits per heavy atom. The molecule has 0 bridgehead atoms. The monoisotopic (exact) mass is 897 g/mol. The van der Waals surface area contributed by atoms with Gasteiger partial charge < -0.3 is 46.7 Å². The Morgan fingerprint density at radius 1 is 0.596 bits per heavy atom. The first kappa shape index (κ1) is 84.1. The molecule has 4 saturated heterocycles. The fraction of sp³-hybridized carbons (Fsp3) is 0.895. The molecule has 0 spiro atoms. The van der Waals surface area contributed by atoms with Crippen LogP contribution in [0.25, 0.3) is 0 Å². The Kier molecular flexibility index (Phi) is 81.9. The standard InChI is InChI=1S/C8H16BN2O.C8H16N2O.C7H14N2O.C7H13NO2.C2H6B.CH5N.5CH4.4H3P/c1-9-11-5-3-4-7(6-11)8(12)10-2;1-9-8(11)7-4-3-5-10(2)6-7;1-8-7(10)6-3-2-4-9-5-6;1-8-4-2-3-6(5-8)7(9)10;1-3-2;1-2;;;;;;;;;/h7H,3-6H2,1-2H3,(H,10,12);7H,3-6H2,1-2H3,(H,9,11);6,9H,2-5H2,1H3,(H,8,10);6H,2-5H2,1H3,(H,9,10);1-2H3;2H2,1H3;5*1H4;4*1H3. The largest absolute Gasteiger partial charge is 0.481 e. The summed E-state index contributed by atoms with van der Waals surface area (Å²) in [6, 6.07) is 0. The molecular weight excluding hydrogens is 794 g/mol. The van der Waals surface area contributed by atoms with Gasteiger partial charge in [-0.15, -0.1) is 0 Å². The minimum Gasteiger partial charge on any atom is -0.481 e. The minimum atomic E-state index is -0.647. The van der Waals surface area contributed by atoms with E-state index in [9.17, 15) is 19.2 Å². The van der Waals surface area contributed by atoms with Gasteiger partial charge in [-0.2, -0.15) is 39.6 Å². The van der Waals surface area contributed by atoms with Crippen LogP contribution in [-0.4, -0.2) is 153 Å². The number of carbonyl (C=O) groups excluding carboxylic acids is 3. The van der Waals surface area contributed by atoms with E-state index in [2.05, 4.69) is 56.1 Å². The summed E-state index contributed by atoms with van der Waals surface area (Å²) >= 11 is 0. The van der Waals surface area contributed by atoms with E-state index in [1.807, 2.05) is 34.8 Å². The van der Waals surface area contributed by atoms with Gasteiger partial charge in [0.05, 0.1) is 17.8 Å². The molecule has 4 aliphatic rings. The van der Waals surface area contributed by atoms with Crippen LogP contribution in [0.3, 0.4) is 0 Å². The van der Waals surface area contributed by atoms with E-state index in [1.54, 1.807) is 21.1 Å². The van der Waals surface area contributed by atoms with Crippen molar-refractivity contribution in [3.63, 3.8) is 0 Å². The zero-order chi connectivity index (χ0) is 36.9. The molecule has 3 amide bonds. The highest BCUT2D eigenvalue weighted by atomic mass is 31.0. The van der Waals surface area contributed by atoms with Gasteiger partial charge in [0.1, 0.15) is 7.28 Å². The summed E-state index contributed by atoms with van der Waals surface area (Å²) in [7, 11) is 14.7. The Bertz CT molecular complexity index is 878. The Labute approximate surface area is 370 Å². The number of likely N-dealkylation sites (tertiary alicyclic amines) is 2. The maximum absolute atomic E-state index is 11.3. The lowest BCUT2D eigenvalue weighted by Gasteiger charge is -2.30.